The average Bonchev–Trinajstić information content (AvgIpc) is 1.95. The molecule has 6 amide bonds. The molecule has 4 aromatic rings. The quantitative estimate of drug-likeness (QED) is 0.0536. The summed E-state index contributed by atoms with van der Waals surface area (Å²) < 4.78 is 5.86. The molecule has 0 saturated carbocycles. The van der Waals surface area contributed by atoms with E-state index in [9.17, 15) is 79.5 Å². The number of Topliss-reactive ketones (excluding diaryl/α,β-unsaturated/α-hetero) is 1. The van der Waals surface area contributed by atoms with Crippen LogP contribution in [0.4, 0.5) is 0 Å². The summed E-state index contributed by atoms with van der Waals surface area (Å²) in [6.07, 6.45) is -13.5. The molecule has 25 heteroatoms. The number of fused-ring (bicyclic) bond motifs is 2. The Labute approximate surface area is 503 Å². The van der Waals surface area contributed by atoms with E-state index in [2.05, 4.69) is 33.5 Å². The summed E-state index contributed by atoms with van der Waals surface area (Å²) in [5.74, 6) is -10.0. The fraction of sp³-hybridized carbons (Fsp3) is 0.500. The van der Waals surface area contributed by atoms with Crippen molar-refractivity contribution in [2.24, 2.45) is 17.6 Å². The lowest BCUT2D eigenvalue weighted by atomic mass is 9.86. The van der Waals surface area contributed by atoms with Gasteiger partial charge >= 0.3 is 0 Å². The van der Waals surface area contributed by atoms with E-state index in [1.165, 1.54) is 43.3 Å². The van der Waals surface area contributed by atoms with Gasteiger partial charge < -0.3 is 87.5 Å². The minimum Gasteiger partial charge on any atom is -0.508 e. The molecule has 0 spiro atoms. The van der Waals surface area contributed by atoms with Gasteiger partial charge in [-0.3, -0.25) is 38.9 Å². The second kappa shape index (κ2) is 30.5. The minimum absolute atomic E-state index is 0.0237. The standard InChI is InChI=1S/C62H82N8O17/c1-5-6-7-24-87-44-22-18-38(19-23-44)36-10-8-35(9-11-36)37-12-14-40(15-13-37)57(81)65-46-27-49(77)56(64-41(28-63)31-71)68-60(84)52-53(78)32(2)29-70(52)62(86)51(34(4)73)66-58(82)45(55(80)54(79)39-16-20-42(74)21-17-39)26-48(76)47-25-43(75)30-69(47)61(85)50(33(3)72)67-59(46)83/h8-23,32-34,41,43,45-47,49-56,64,71-75,77-80H,5-7,24-31,63H2,1-4H3,(H,65,81)(H,66,82)(H,67,83)(H,68,84)/t32-,33+,34+,41?,43+,45?,46-,47?,49+,50?,51?,52?,53-,54-,55-,56?/m0/s1. The number of phenolic OH excluding ortho intramolecular Hbond substituents is 1. The number of unbranched alkanes of at least 4 members (excludes halogenated alkanes) is 2. The number of hydrogen-bond donors (Lipinski definition) is 15. The highest BCUT2D eigenvalue weighted by Crippen LogP contribution is 2.32. The fourth-order valence-electron chi connectivity index (χ4n) is 11.1. The Bertz CT molecular complexity index is 2990. The van der Waals surface area contributed by atoms with E-state index in [0.717, 1.165) is 70.9 Å². The number of carbonyl (C=O) groups excluding carboxylic acids is 7. The van der Waals surface area contributed by atoms with Gasteiger partial charge in [0.05, 0.1) is 61.8 Å². The van der Waals surface area contributed by atoms with Gasteiger partial charge in [-0.1, -0.05) is 87.4 Å². The smallest absolute Gasteiger partial charge is 0.251 e. The highest BCUT2D eigenvalue weighted by Gasteiger charge is 2.50. The van der Waals surface area contributed by atoms with Crippen LogP contribution in [-0.4, -0.2) is 209 Å². The molecular formula is C62H82N8O17. The first-order chi connectivity index (χ1) is 41.4. The SMILES string of the molecule is CCCCCOc1ccc(-c2ccc(-c3ccc(C(=O)N[C@H]4C[C@@H](O)C(NC(CN)CO)NC(=O)C5[C@@H](O)[C@@H](C)CN5C(=O)C([C@@H](C)O)NC(=O)C([C@H](O)[C@@H](O)c5ccc(O)cc5)CC(=O)C5C[C@@H](O)CN5C(=O)C([C@@H](C)O)NC4=O)cc3)cc2)cc1. The first-order valence-electron chi connectivity index (χ1n) is 29.4. The molecule has 7 rings (SSSR count). The summed E-state index contributed by atoms with van der Waals surface area (Å²) in [4.78, 5) is 104. The number of carbonyl (C=O) groups is 7. The lowest BCUT2D eigenvalue weighted by molar-refractivity contribution is -0.148. The molecule has 7 unspecified atom stereocenters. The number of nitrogens with one attached hydrogen (secondary N) is 5. The molecule has 0 radical (unpaired) electrons. The Balaban J connectivity index is 1.23. The molecule has 3 saturated heterocycles. The van der Waals surface area contributed by atoms with E-state index in [-0.39, 0.29) is 30.0 Å². The van der Waals surface area contributed by atoms with Crippen molar-refractivity contribution in [3.63, 3.8) is 0 Å². The van der Waals surface area contributed by atoms with Crippen molar-refractivity contribution in [3.05, 3.63) is 108 Å². The summed E-state index contributed by atoms with van der Waals surface area (Å²) in [5, 5.41) is 113. The third-order valence-electron chi connectivity index (χ3n) is 16.3. The van der Waals surface area contributed by atoms with Crippen LogP contribution in [0.15, 0.2) is 97.1 Å². The van der Waals surface area contributed by atoms with Gasteiger partial charge in [0, 0.05) is 56.4 Å². The van der Waals surface area contributed by atoms with Crippen molar-refractivity contribution in [2.45, 2.75) is 151 Å². The number of hydrogen-bond acceptors (Lipinski definition) is 19. The number of aromatic hydroxyl groups is 1. The molecular weight excluding hydrogens is 1130 g/mol. The first kappa shape index (κ1) is 67.1. The fourth-order valence-corrected chi connectivity index (χ4v) is 11.1. The van der Waals surface area contributed by atoms with Crippen LogP contribution >= 0.6 is 0 Å². The van der Waals surface area contributed by atoms with Crippen LogP contribution in [0, 0.1) is 11.8 Å². The minimum atomic E-state index is -2.19. The van der Waals surface area contributed by atoms with Gasteiger partial charge in [0.1, 0.15) is 47.9 Å². The number of ether oxygens (including phenoxy) is 1. The van der Waals surface area contributed by atoms with Crippen LogP contribution in [0.1, 0.15) is 88.2 Å². The van der Waals surface area contributed by atoms with Crippen molar-refractivity contribution in [2.75, 3.05) is 32.8 Å². The second-order valence-corrected chi connectivity index (χ2v) is 22.9. The van der Waals surface area contributed by atoms with Crippen molar-refractivity contribution in [3.8, 4) is 33.8 Å². The van der Waals surface area contributed by atoms with Gasteiger partial charge in [0.25, 0.3) is 5.91 Å². The maximum Gasteiger partial charge on any atom is 0.251 e. The Morgan fingerprint density at radius 3 is 1.82 bits per heavy atom. The number of benzene rings is 4. The van der Waals surface area contributed by atoms with Crippen LogP contribution in [-0.2, 0) is 28.8 Å². The zero-order valence-electron chi connectivity index (χ0n) is 49.0. The highest BCUT2D eigenvalue weighted by molar-refractivity contribution is 6.00. The first-order valence-corrected chi connectivity index (χ1v) is 29.4. The molecule has 0 aromatic heterocycles. The summed E-state index contributed by atoms with van der Waals surface area (Å²) in [5.41, 5.74) is 9.36. The Morgan fingerprint density at radius 2 is 1.26 bits per heavy atom. The van der Waals surface area contributed by atoms with Crippen LogP contribution in [0.2, 0.25) is 0 Å². The topological polar surface area (TPSA) is 403 Å². The van der Waals surface area contributed by atoms with Crippen molar-refractivity contribution in [1.29, 1.82) is 0 Å². The second-order valence-electron chi connectivity index (χ2n) is 22.9. The molecule has 472 valence electrons. The molecule has 3 heterocycles. The normalized spacial score (nSPS) is 27.1. The molecule has 3 aliphatic rings. The van der Waals surface area contributed by atoms with E-state index >= 15 is 0 Å². The number of nitrogens with two attached hydrogens (primary N) is 1. The Hall–Kier alpha value is -7.43. The predicted molar refractivity (Wildman–Crippen MR) is 315 cm³/mol. The number of phenols is 1. The lowest BCUT2D eigenvalue weighted by Gasteiger charge is -2.35. The van der Waals surface area contributed by atoms with Crippen molar-refractivity contribution < 1.29 is 84.3 Å². The number of aliphatic hydroxyl groups excluding tert-OH is 8. The number of aliphatic hydroxyl groups is 8. The summed E-state index contributed by atoms with van der Waals surface area (Å²) in [6.45, 7) is 4.65. The third kappa shape index (κ3) is 16.6. The molecule has 87 heavy (non-hydrogen) atoms. The largest absolute Gasteiger partial charge is 0.508 e. The van der Waals surface area contributed by atoms with Crippen LogP contribution in [0.25, 0.3) is 22.3 Å². The molecule has 16 atom stereocenters. The lowest BCUT2D eigenvalue weighted by Crippen LogP contribution is -2.64. The summed E-state index contributed by atoms with van der Waals surface area (Å²) in [6, 6.07) is 16.4. The number of amides is 6. The zero-order chi connectivity index (χ0) is 63.4. The molecule has 0 aliphatic carbocycles. The van der Waals surface area contributed by atoms with Gasteiger partial charge in [-0.2, -0.15) is 0 Å². The van der Waals surface area contributed by atoms with Gasteiger partial charge in [0.15, 0.2) is 5.78 Å². The third-order valence-corrected chi connectivity index (χ3v) is 16.3. The maximum atomic E-state index is 14.8. The monoisotopic (exact) mass is 1210 g/mol. The molecule has 4 aromatic carbocycles. The van der Waals surface area contributed by atoms with E-state index in [1.807, 2.05) is 48.5 Å². The predicted octanol–water partition coefficient (Wildman–Crippen LogP) is -0.920. The van der Waals surface area contributed by atoms with Crippen LogP contribution in [0.3, 0.4) is 0 Å². The van der Waals surface area contributed by atoms with E-state index in [0.29, 0.717) is 6.61 Å². The molecule has 3 aliphatic heterocycles. The van der Waals surface area contributed by atoms with Gasteiger partial charge in [0.2, 0.25) is 29.5 Å². The highest BCUT2D eigenvalue weighted by atomic mass is 16.5. The Morgan fingerprint density at radius 1 is 0.713 bits per heavy atom. The number of ketones is 1. The zero-order valence-corrected chi connectivity index (χ0v) is 49.0. The Kier molecular flexibility index (Phi) is 23.5. The molecule has 16 N–H and O–H groups in total. The van der Waals surface area contributed by atoms with Crippen LogP contribution < -0.4 is 37.1 Å². The number of rotatable bonds is 18. The average molecular weight is 1210 g/mol. The van der Waals surface area contributed by atoms with E-state index < -0.39 is 171 Å². The molecule has 25 nitrogen and oxygen atoms in total. The molecule has 0 bridgehead atoms. The van der Waals surface area contributed by atoms with Crippen LogP contribution in [0.5, 0.6) is 11.5 Å². The van der Waals surface area contributed by atoms with Gasteiger partial charge in [-0.05, 0) is 84.5 Å². The van der Waals surface area contributed by atoms with E-state index in [4.69, 9.17) is 10.5 Å². The maximum absolute atomic E-state index is 14.8. The van der Waals surface area contributed by atoms with Crippen molar-refractivity contribution in [1.82, 2.24) is 36.4 Å². The summed E-state index contributed by atoms with van der Waals surface area (Å²) >= 11 is 0. The van der Waals surface area contributed by atoms with Gasteiger partial charge in [-0.25, -0.2) is 0 Å². The summed E-state index contributed by atoms with van der Waals surface area (Å²) in [7, 11) is 0. The van der Waals surface area contributed by atoms with Crippen molar-refractivity contribution >= 4 is 41.2 Å². The molecule has 3 fully saturated rings. The number of nitrogens with zero attached hydrogens (tertiary/aromatic N) is 2. The van der Waals surface area contributed by atoms with Gasteiger partial charge in [-0.15, -0.1) is 0 Å². The van der Waals surface area contributed by atoms with E-state index in [1.54, 1.807) is 12.1 Å².